The van der Waals surface area contributed by atoms with E-state index < -0.39 is 21.6 Å². The molecule has 2 aromatic heterocycles. The summed E-state index contributed by atoms with van der Waals surface area (Å²) in [7, 11) is -3.48. The Hall–Kier alpha value is -3.34. The fraction of sp³-hybridized carbons (Fsp3) is 0.350. The van der Waals surface area contributed by atoms with Crippen molar-refractivity contribution in [1.82, 2.24) is 19.7 Å². The number of carbonyl (C=O) groups excluding carboxylic acids is 2. The number of hydrogen-bond acceptors (Lipinski definition) is 8. The van der Waals surface area contributed by atoms with Crippen LogP contribution >= 0.6 is 0 Å². The van der Waals surface area contributed by atoms with Crippen molar-refractivity contribution >= 4 is 38.6 Å². The summed E-state index contributed by atoms with van der Waals surface area (Å²) >= 11 is 0. The molecule has 0 aliphatic rings. The zero-order chi connectivity index (χ0) is 23.0. The van der Waals surface area contributed by atoms with Crippen LogP contribution in [0.1, 0.15) is 38.2 Å². The Kier molecular flexibility index (Phi) is 5.81. The van der Waals surface area contributed by atoms with E-state index in [-0.39, 0.29) is 24.0 Å². The summed E-state index contributed by atoms with van der Waals surface area (Å²) in [5.74, 6) is -0.741. The summed E-state index contributed by atoms with van der Waals surface area (Å²) in [6, 6.07) is 5.28. The number of carbonyl (C=O) groups is 2. The van der Waals surface area contributed by atoms with Crippen molar-refractivity contribution in [3.63, 3.8) is 0 Å². The van der Waals surface area contributed by atoms with Crippen LogP contribution in [-0.4, -0.2) is 51.8 Å². The number of aromatic nitrogens is 4. The zero-order valence-electron chi connectivity index (χ0n) is 17.8. The lowest BCUT2D eigenvalue weighted by Gasteiger charge is -2.19. The van der Waals surface area contributed by atoms with E-state index in [9.17, 15) is 18.0 Å². The highest BCUT2D eigenvalue weighted by atomic mass is 32.2. The molecule has 1 N–H and O–H groups in total. The summed E-state index contributed by atoms with van der Waals surface area (Å²) in [5.41, 5.74) is 1.54. The Morgan fingerprint density at radius 1 is 1.13 bits per heavy atom. The van der Waals surface area contributed by atoms with Crippen molar-refractivity contribution in [2.75, 3.05) is 11.0 Å². The number of nitrogens with zero attached hydrogens (tertiary/aromatic N) is 4. The van der Waals surface area contributed by atoms with Gasteiger partial charge in [-0.2, -0.15) is 5.10 Å². The minimum atomic E-state index is -3.48. The van der Waals surface area contributed by atoms with Crippen LogP contribution in [0, 0.1) is 0 Å². The van der Waals surface area contributed by atoms with Gasteiger partial charge < -0.3 is 4.74 Å². The third kappa shape index (κ3) is 5.63. The van der Waals surface area contributed by atoms with Gasteiger partial charge in [0.05, 0.1) is 11.8 Å². The molecule has 0 bridgehead atoms. The fourth-order valence-electron chi connectivity index (χ4n) is 2.93. The van der Waals surface area contributed by atoms with Gasteiger partial charge in [0, 0.05) is 30.3 Å². The lowest BCUT2D eigenvalue weighted by atomic mass is 10.0. The molecule has 0 unspecified atom stereocenters. The fourth-order valence-corrected chi connectivity index (χ4v) is 3.37. The average Bonchev–Trinajstić information content (AvgIpc) is 2.97. The highest BCUT2D eigenvalue weighted by Gasteiger charge is 2.20. The highest BCUT2D eigenvalue weighted by molar-refractivity contribution is 7.91. The van der Waals surface area contributed by atoms with Crippen molar-refractivity contribution in [2.45, 2.75) is 39.8 Å². The number of esters is 1. The predicted octanol–water partition coefficient (Wildman–Crippen LogP) is 2.41. The van der Waals surface area contributed by atoms with Crippen LogP contribution in [0.25, 0.3) is 22.0 Å². The van der Waals surface area contributed by atoms with Gasteiger partial charge in [-0.15, -0.1) is 0 Å². The van der Waals surface area contributed by atoms with E-state index in [1.54, 1.807) is 39.0 Å². The van der Waals surface area contributed by atoms with Crippen LogP contribution in [0.2, 0.25) is 0 Å². The van der Waals surface area contributed by atoms with Crippen molar-refractivity contribution in [3.05, 3.63) is 36.3 Å². The molecule has 11 heteroatoms. The Balaban J connectivity index is 1.97. The van der Waals surface area contributed by atoms with Gasteiger partial charge in [0.25, 0.3) is 0 Å². The molecule has 0 atom stereocenters. The Bertz CT molecular complexity index is 1260. The van der Waals surface area contributed by atoms with Gasteiger partial charge in [-0.25, -0.2) is 18.4 Å². The largest absolute Gasteiger partial charge is 0.459 e. The molecular weight excluding hydrogens is 422 g/mol. The molecule has 0 amide bonds. The first-order valence-corrected chi connectivity index (χ1v) is 11.2. The van der Waals surface area contributed by atoms with E-state index in [1.807, 2.05) is 0 Å². The van der Waals surface area contributed by atoms with E-state index >= 15 is 0 Å². The summed E-state index contributed by atoms with van der Waals surface area (Å²) < 4.78 is 31.6. The normalized spacial score (nSPS) is 12.0. The number of nitrogens with one attached hydrogen (secondary N) is 1. The maximum Gasteiger partial charge on any atom is 0.328 e. The molecule has 164 valence electrons. The number of ketones is 1. The maximum absolute atomic E-state index is 12.2. The molecule has 10 nitrogen and oxygen atoms in total. The monoisotopic (exact) mass is 445 g/mol. The number of hydrogen-bond donors (Lipinski definition) is 1. The Morgan fingerprint density at radius 3 is 2.32 bits per heavy atom. The van der Waals surface area contributed by atoms with Crippen LogP contribution in [0.5, 0.6) is 0 Å². The first-order chi connectivity index (χ1) is 14.3. The van der Waals surface area contributed by atoms with E-state index in [0.29, 0.717) is 22.0 Å². The zero-order valence-corrected chi connectivity index (χ0v) is 18.6. The van der Waals surface area contributed by atoms with Crippen LogP contribution in [0.4, 0.5) is 5.95 Å². The van der Waals surface area contributed by atoms with Gasteiger partial charge in [0.2, 0.25) is 16.0 Å². The van der Waals surface area contributed by atoms with Crippen molar-refractivity contribution in [1.29, 1.82) is 0 Å². The maximum atomic E-state index is 12.2. The lowest BCUT2D eigenvalue weighted by molar-refractivity contribution is -0.155. The van der Waals surface area contributed by atoms with Crippen molar-refractivity contribution in [3.8, 4) is 11.1 Å². The topological polar surface area (TPSA) is 133 Å². The van der Waals surface area contributed by atoms with Gasteiger partial charge in [-0.05, 0) is 38.5 Å². The molecule has 3 rings (SSSR count). The number of benzene rings is 1. The molecule has 3 aromatic rings. The molecule has 0 saturated heterocycles. The second-order valence-corrected chi connectivity index (χ2v) is 9.80. The van der Waals surface area contributed by atoms with Gasteiger partial charge in [0.1, 0.15) is 17.8 Å². The molecule has 31 heavy (non-hydrogen) atoms. The third-order valence-corrected chi connectivity index (χ3v) is 4.60. The van der Waals surface area contributed by atoms with Crippen molar-refractivity contribution in [2.24, 2.45) is 0 Å². The summed E-state index contributed by atoms with van der Waals surface area (Å²) in [6.07, 6.45) is 3.96. The van der Waals surface area contributed by atoms with Crippen molar-refractivity contribution < 1.29 is 22.7 Å². The average molecular weight is 446 g/mol. The van der Waals surface area contributed by atoms with E-state index in [2.05, 4.69) is 19.8 Å². The third-order valence-electron chi connectivity index (χ3n) is 4.04. The van der Waals surface area contributed by atoms with Gasteiger partial charge in [0.15, 0.2) is 5.78 Å². The number of ether oxygens (including phenoxy) is 1. The van der Waals surface area contributed by atoms with E-state index in [0.717, 1.165) is 6.26 Å². The standard InChI is InChI=1S/C20H23N5O5S/c1-12(26)18-15-8-13(14-9-21-19(22-10-14)24-31(5,28)29)6-7-16(15)25(23-18)11-17(27)30-20(2,3)4/h6-10H,11H2,1-5H3,(H,21,22,24). The molecule has 1 aromatic carbocycles. The lowest BCUT2D eigenvalue weighted by Crippen LogP contribution is -2.26. The Morgan fingerprint density at radius 2 is 1.77 bits per heavy atom. The molecule has 0 spiro atoms. The van der Waals surface area contributed by atoms with Crippen LogP contribution < -0.4 is 4.72 Å². The first kappa shape index (κ1) is 22.3. The summed E-state index contributed by atoms with van der Waals surface area (Å²) in [4.78, 5) is 32.4. The van der Waals surface area contributed by atoms with Gasteiger partial charge in [-0.3, -0.25) is 19.0 Å². The van der Waals surface area contributed by atoms with Crippen LogP contribution in [0.3, 0.4) is 0 Å². The van der Waals surface area contributed by atoms with Crippen LogP contribution in [-0.2, 0) is 26.1 Å². The Labute approximate surface area is 179 Å². The number of anilines is 1. The number of sulfonamides is 1. The molecular formula is C20H23N5O5S. The quantitative estimate of drug-likeness (QED) is 0.452. The number of rotatable bonds is 6. The van der Waals surface area contributed by atoms with E-state index in [1.165, 1.54) is 24.0 Å². The molecule has 2 heterocycles. The second kappa shape index (κ2) is 8.06. The minimum Gasteiger partial charge on any atom is -0.459 e. The number of fused-ring (bicyclic) bond motifs is 1. The van der Waals surface area contributed by atoms with E-state index in [4.69, 9.17) is 4.74 Å². The predicted molar refractivity (Wildman–Crippen MR) is 115 cm³/mol. The smallest absolute Gasteiger partial charge is 0.328 e. The SMILES string of the molecule is CC(=O)c1nn(CC(=O)OC(C)(C)C)c2ccc(-c3cnc(NS(C)(=O)=O)nc3)cc12. The molecule has 0 radical (unpaired) electrons. The second-order valence-electron chi connectivity index (χ2n) is 8.05. The number of Topliss-reactive ketones (excluding diaryl/α,β-unsaturated/α-hetero) is 1. The highest BCUT2D eigenvalue weighted by Crippen LogP contribution is 2.27. The molecule has 0 aliphatic carbocycles. The summed E-state index contributed by atoms with van der Waals surface area (Å²) in [6.45, 7) is 6.60. The molecule has 0 saturated carbocycles. The van der Waals surface area contributed by atoms with Gasteiger partial charge >= 0.3 is 5.97 Å². The minimum absolute atomic E-state index is 0.0399. The summed E-state index contributed by atoms with van der Waals surface area (Å²) in [5, 5.41) is 4.88. The van der Waals surface area contributed by atoms with Gasteiger partial charge in [-0.1, -0.05) is 6.07 Å². The molecule has 0 fully saturated rings. The molecule has 0 aliphatic heterocycles. The first-order valence-electron chi connectivity index (χ1n) is 9.36. The van der Waals surface area contributed by atoms with Crippen LogP contribution in [0.15, 0.2) is 30.6 Å².